The minimum Gasteiger partial charge on any atom is -0.339 e. The van der Waals surface area contributed by atoms with Crippen molar-refractivity contribution in [3.8, 4) is 11.3 Å². The van der Waals surface area contributed by atoms with Crippen LogP contribution in [0, 0.1) is 0 Å². The minimum atomic E-state index is -0.178. The number of carbonyl (C=O) groups is 1. The van der Waals surface area contributed by atoms with E-state index in [0.29, 0.717) is 17.7 Å². The van der Waals surface area contributed by atoms with Crippen LogP contribution in [-0.2, 0) is 10.2 Å². The summed E-state index contributed by atoms with van der Waals surface area (Å²) < 4.78 is 0. The lowest BCUT2D eigenvalue weighted by Crippen LogP contribution is -2.58. The van der Waals surface area contributed by atoms with Crippen LogP contribution in [0.4, 0.5) is 0 Å². The van der Waals surface area contributed by atoms with E-state index < -0.39 is 0 Å². The number of aromatic nitrogens is 3. The van der Waals surface area contributed by atoms with Crippen molar-refractivity contribution < 1.29 is 4.79 Å². The topological polar surface area (TPSA) is 59.0 Å². The Balaban J connectivity index is 1.76. The average molecular weight is 343 g/mol. The molecule has 0 aromatic carbocycles. The molecule has 2 bridgehead atoms. The summed E-state index contributed by atoms with van der Waals surface area (Å²) in [4.78, 5) is 27.5. The molecule has 5 nitrogen and oxygen atoms in total. The summed E-state index contributed by atoms with van der Waals surface area (Å²) in [6, 6.07) is 6.00. The SMILES string of the molecule is CC(=O)N1CC2(c3nc(Cl)cc(-c4cccnc4)n3)CCC1CC2. The Morgan fingerprint density at radius 3 is 2.79 bits per heavy atom. The number of piperidine rings is 2. The van der Waals surface area contributed by atoms with Gasteiger partial charge in [0.2, 0.25) is 5.91 Å². The van der Waals surface area contributed by atoms with Gasteiger partial charge in [-0.25, -0.2) is 9.97 Å². The van der Waals surface area contributed by atoms with Gasteiger partial charge >= 0.3 is 0 Å². The highest BCUT2D eigenvalue weighted by Gasteiger charge is 2.48. The molecule has 6 heteroatoms. The molecule has 2 saturated heterocycles. The van der Waals surface area contributed by atoms with Crippen molar-refractivity contribution in [1.29, 1.82) is 0 Å². The standard InChI is InChI=1S/C18H19ClN4O/c1-12(24)23-11-18(6-4-14(23)5-7-18)17-21-15(9-16(19)22-17)13-3-2-8-20-10-13/h2-3,8-10,14H,4-7,11H2,1H3. The summed E-state index contributed by atoms with van der Waals surface area (Å²) in [6.07, 6.45) is 7.55. The van der Waals surface area contributed by atoms with E-state index >= 15 is 0 Å². The van der Waals surface area contributed by atoms with Crippen LogP contribution >= 0.6 is 11.6 Å². The number of halogens is 1. The van der Waals surface area contributed by atoms with E-state index in [4.69, 9.17) is 16.6 Å². The Labute approximate surface area is 146 Å². The van der Waals surface area contributed by atoms with Crippen LogP contribution in [0.25, 0.3) is 11.3 Å². The highest BCUT2D eigenvalue weighted by atomic mass is 35.5. The molecule has 4 heterocycles. The van der Waals surface area contributed by atoms with Crippen LogP contribution in [0.5, 0.6) is 0 Å². The van der Waals surface area contributed by atoms with Gasteiger partial charge in [-0.15, -0.1) is 0 Å². The third-order valence-corrected chi connectivity index (χ3v) is 5.55. The van der Waals surface area contributed by atoms with Gasteiger partial charge in [-0.05, 0) is 37.8 Å². The first-order valence-corrected chi connectivity index (χ1v) is 8.68. The monoisotopic (exact) mass is 342 g/mol. The fourth-order valence-corrected chi connectivity index (χ4v) is 4.24. The molecule has 2 aliphatic heterocycles. The minimum absolute atomic E-state index is 0.137. The van der Waals surface area contributed by atoms with Crippen molar-refractivity contribution in [1.82, 2.24) is 19.9 Å². The molecule has 0 N–H and O–H groups in total. The van der Waals surface area contributed by atoms with Crippen LogP contribution in [0.2, 0.25) is 5.15 Å². The summed E-state index contributed by atoms with van der Waals surface area (Å²) in [5.74, 6) is 0.900. The molecule has 1 aliphatic carbocycles. The zero-order valence-corrected chi connectivity index (χ0v) is 14.3. The summed E-state index contributed by atoms with van der Waals surface area (Å²) >= 11 is 6.30. The van der Waals surface area contributed by atoms with E-state index in [1.54, 1.807) is 25.4 Å². The predicted octanol–water partition coefficient (Wildman–Crippen LogP) is 3.23. The number of nitrogens with zero attached hydrogens (tertiary/aromatic N) is 4. The fraction of sp³-hybridized carbons (Fsp3) is 0.444. The summed E-state index contributed by atoms with van der Waals surface area (Å²) in [5, 5.41) is 0.440. The normalized spacial score (nSPS) is 25.8. The first-order chi connectivity index (χ1) is 11.6. The lowest BCUT2D eigenvalue weighted by Gasteiger charge is -2.51. The number of fused-ring (bicyclic) bond motifs is 3. The highest BCUT2D eigenvalue weighted by Crippen LogP contribution is 2.46. The fourth-order valence-electron chi connectivity index (χ4n) is 4.06. The number of rotatable bonds is 2. The lowest BCUT2D eigenvalue weighted by molar-refractivity contribution is -0.137. The van der Waals surface area contributed by atoms with Gasteiger partial charge in [-0.2, -0.15) is 0 Å². The van der Waals surface area contributed by atoms with Crippen LogP contribution < -0.4 is 0 Å². The number of amides is 1. The Kier molecular flexibility index (Phi) is 3.76. The summed E-state index contributed by atoms with van der Waals surface area (Å²) in [5.41, 5.74) is 1.53. The smallest absolute Gasteiger partial charge is 0.219 e. The first-order valence-electron chi connectivity index (χ1n) is 8.30. The van der Waals surface area contributed by atoms with E-state index in [-0.39, 0.29) is 11.3 Å². The molecule has 2 aromatic heterocycles. The van der Waals surface area contributed by atoms with E-state index in [1.165, 1.54) is 0 Å². The maximum absolute atomic E-state index is 12.0. The number of hydrogen-bond acceptors (Lipinski definition) is 4. The molecule has 0 radical (unpaired) electrons. The van der Waals surface area contributed by atoms with Gasteiger partial charge in [0.05, 0.1) is 5.69 Å². The molecule has 24 heavy (non-hydrogen) atoms. The molecule has 3 aliphatic rings. The maximum Gasteiger partial charge on any atom is 0.219 e. The molecule has 0 spiro atoms. The van der Waals surface area contributed by atoms with Gasteiger partial charge in [0, 0.05) is 48.9 Å². The molecule has 5 rings (SSSR count). The number of pyridine rings is 1. The Morgan fingerprint density at radius 2 is 2.12 bits per heavy atom. The molecule has 3 fully saturated rings. The van der Waals surface area contributed by atoms with Gasteiger partial charge < -0.3 is 4.90 Å². The van der Waals surface area contributed by atoms with E-state index in [2.05, 4.69) is 9.97 Å². The second-order valence-corrected chi connectivity index (χ2v) is 7.19. The summed E-state index contributed by atoms with van der Waals surface area (Å²) in [6.45, 7) is 2.34. The van der Waals surface area contributed by atoms with E-state index in [1.807, 2.05) is 17.0 Å². The quantitative estimate of drug-likeness (QED) is 0.786. The van der Waals surface area contributed by atoms with Crippen LogP contribution in [-0.4, -0.2) is 38.3 Å². The average Bonchev–Trinajstić information content (AvgIpc) is 2.63. The molecular formula is C18H19ClN4O. The summed E-state index contributed by atoms with van der Waals surface area (Å²) in [7, 11) is 0. The van der Waals surface area contributed by atoms with Gasteiger partial charge in [0.1, 0.15) is 11.0 Å². The van der Waals surface area contributed by atoms with E-state index in [9.17, 15) is 4.79 Å². The lowest BCUT2D eigenvalue weighted by atomic mass is 9.67. The van der Waals surface area contributed by atoms with Crippen molar-refractivity contribution in [2.24, 2.45) is 0 Å². The van der Waals surface area contributed by atoms with Crippen molar-refractivity contribution in [3.63, 3.8) is 0 Å². The van der Waals surface area contributed by atoms with Crippen molar-refractivity contribution in [2.75, 3.05) is 6.54 Å². The van der Waals surface area contributed by atoms with Crippen molar-refractivity contribution >= 4 is 17.5 Å². The largest absolute Gasteiger partial charge is 0.339 e. The third kappa shape index (κ3) is 2.57. The predicted molar refractivity (Wildman–Crippen MR) is 91.6 cm³/mol. The molecule has 0 unspecified atom stereocenters. The van der Waals surface area contributed by atoms with Gasteiger partial charge in [-0.3, -0.25) is 9.78 Å². The second kappa shape index (κ2) is 5.81. The highest BCUT2D eigenvalue weighted by molar-refractivity contribution is 6.29. The molecular weight excluding hydrogens is 324 g/mol. The van der Waals surface area contributed by atoms with Crippen LogP contribution in [0.15, 0.2) is 30.6 Å². The van der Waals surface area contributed by atoms with Crippen molar-refractivity contribution in [3.05, 3.63) is 41.6 Å². The van der Waals surface area contributed by atoms with Gasteiger partial charge in [0.15, 0.2) is 0 Å². The van der Waals surface area contributed by atoms with Crippen molar-refractivity contribution in [2.45, 2.75) is 44.1 Å². The van der Waals surface area contributed by atoms with Gasteiger partial charge in [0.25, 0.3) is 0 Å². The van der Waals surface area contributed by atoms with Crippen LogP contribution in [0.1, 0.15) is 38.4 Å². The van der Waals surface area contributed by atoms with Gasteiger partial charge in [-0.1, -0.05) is 11.6 Å². The Bertz CT molecular complexity index is 772. The Morgan fingerprint density at radius 1 is 1.33 bits per heavy atom. The molecule has 2 aromatic rings. The maximum atomic E-state index is 12.0. The molecule has 1 amide bonds. The number of carbonyl (C=O) groups excluding carboxylic acids is 1. The van der Waals surface area contributed by atoms with E-state index in [0.717, 1.165) is 42.8 Å². The Hall–Kier alpha value is -2.01. The first kappa shape index (κ1) is 15.5. The second-order valence-electron chi connectivity index (χ2n) is 6.80. The zero-order chi connectivity index (χ0) is 16.7. The molecule has 124 valence electrons. The number of hydrogen-bond donors (Lipinski definition) is 0. The zero-order valence-electron chi connectivity index (χ0n) is 13.6. The third-order valence-electron chi connectivity index (χ3n) is 5.36. The van der Waals surface area contributed by atoms with Crippen LogP contribution in [0.3, 0.4) is 0 Å². The molecule has 1 saturated carbocycles. The molecule has 0 atom stereocenters.